The van der Waals surface area contributed by atoms with Crippen LogP contribution in [-0.2, 0) is 19.4 Å². The predicted molar refractivity (Wildman–Crippen MR) is 123 cm³/mol. The number of benzene rings is 1. The molecule has 3 aromatic rings. The Morgan fingerprint density at radius 3 is 2.72 bits per heavy atom. The van der Waals surface area contributed by atoms with Crippen molar-refractivity contribution < 1.29 is 0 Å². The number of hydrogen-bond donors (Lipinski definition) is 0. The summed E-state index contributed by atoms with van der Waals surface area (Å²) < 4.78 is 0. The monoisotopic (exact) mass is 446 g/mol. The molecular weight excluding hydrogens is 423 g/mol. The number of aryl methyl sites for hydroxylation is 1. The van der Waals surface area contributed by atoms with Gasteiger partial charge in [-0.25, -0.2) is 9.97 Å². The molecule has 2 aromatic heterocycles. The molecule has 29 heavy (non-hydrogen) atoms. The van der Waals surface area contributed by atoms with Crippen molar-refractivity contribution in [1.29, 1.82) is 0 Å². The zero-order valence-corrected chi connectivity index (χ0v) is 18.8. The smallest absolute Gasteiger partial charge is 0.141 e. The molecule has 7 heteroatoms. The summed E-state index contributed by atoms with van der Waals surface area (Å²) in [6.45, 7) is 7.23. The van der Waals surface area contributed by atoms with Gasteiger partial charge in [0.2, 0.25) is 0 Å². The average molecular weight is 447 g/mol. The van der Waals surface area contributed by atoms with E-state index in [0.717, 1.165) is 55.7 Å². The molecule has 1 aromatic carbocycles. The Bertz CT molecular complexity index is 1040. The number of halogens is 2. The summed E-state index contributed by atoms with van der Waals surface area (Å²) in [5.74, 6) is 1.88. The summed E-state index contributed by atoms with van der Waals surface area (Å²) in [6.07, 6.45) is 5.38. The number of anilines is 1. The molecule has 152 valence electrons. The third kappa shape index (κ3) is 3.86. The molecule has 1 saturated heterocycles. The van der Waals surface area contributed by atoms with Crippen molar-refractivity contribution in [2.45, 2.75) is 32.7 Å². The van der Waals surface area contributed by atoms with Crippen molar-refractivity contribution in [3.05, 3.63) is 50.6 Å². The van der Waals surface area contributed by atoms with Gasteiger partial charge in [0, 0.05) is 37.6 Å². The topological polar surface area (TPSA) is 32.3 Å². The maximum absolute atomic E-state index is 6.18. The lowest BCUT2D eigenvalue weighted by molar-refractivity contribution is 0.249. The molecule has 4 nitrogen and oxygen atoms in total. The summed E-state index contributed by atoms with van der Waals surface area (Å²) in [5, 5.41) is 2.56. The van der Waals surface area contributed by atoms with E-state index in [1.165, 1.54) is 34.2 Å². The van der Waals surface area contributed by atoms with Gasteiger partial charge < -0.3 is 4.90 Å². The second-order valence-electron chi connectivity index (χ2n) is 8.24. The lowest BCUT2D eigenvalue weighted by Crippen LogP contribution is -2.46. The fourth-order valence-electron chi connectivity index (χ4n) is 4.52. The highest BCUT2D eigenvalue weighted by Crippen LogP contribution is 2.40. The number of piperazine rings is 1. The first-order chi connectivity index (χ1) is 14.1. The molecule has 0 spiro atoms. The van der Waals surface area contributed by atoms with Crippen molar-refractivity contribution >= 4 is 50.6 Å². The third-order valence-electron chi connectivity index (χ3n) is 6.13. The second kappa shape index (κ2) is 8.03. The van der Waals surface area contributed by atoms with Crippen LogP contribution < -0.4 is 4.90 Å². The Balaban J connectivity index is 1.34. The van der Waals surface area contributed by atoms with E-state index in [9.17, 15) is 0 Å². The first-order valence-electron chi connectivity index (χ1n) is 10.2. The summed E-state index contributed by atoms with van der Waals surface area (Å²) in [7, 11) is 0. The molecule has 0 bridgehead atoms. The van der Waals surface area contributed by atoms with Gasteiger partial charge in [-0.2, -0.15) is 0 Å². The van der Waals surface area contributed by atoms with E-state index < -0.39 is 0 Å². The predicted octanol–water partition coefficient (Wildman–Crippen LogP) is 5.45. The largest absolute Gasteiger partial charge is 0.353 e. The maximum atomic E-state index is 6.18. The van der Waals surface area contributed by atoms with Crippen LogP contribution in [0.15, 0.2) is 24.5 Å². The van der Waals surface area contributed by atoms with Crippen LogP contribution in [0, 0.1) is 5.92 Å². The van der Waals surface area contributed by atoms with E-state index in [2.05, 4.69) is 27.8 Å². The molecule has 3 heterocycles. The molecule has 0 saturated carbocycles. The third-order valence-corrected chi connectivity index (χ3v) is 8.07. The number of nitrogens with zero attached hydrogens (tertiary/aromatic N) is 4. The number of rotatable bonds is 3. The molecule has 1 fully saturated rings. The number of hydrogen-bond acceptors (Lipinski definition) is 5. The number of fused-ring (bicyclic) bond motifs is 3. The number of aromatic nitrogens is 2. The SMILES string of the molecule is C[C@@H]1CCc2sc3ncnc(N4CCN(Cc5ccc(Cl)c(Cl)c5)CC4)c3c2C1. The molecule has 2 aliphatic rings. The van der Waals surface area contributed by atoms with Gasteiger partial charge in [-0.1, -0.05) is 36.2 Å². The van der Waals surface area contributed by atoms with Crippen LogP contribution >= 0.6 is 34.5 Å². The average Bonchev–Trinajstić information content (AvgIpc) is 3.09. The second-order valence-corrected chi connectivity index (χ2v) is 10.1. The minimum Gasteiger partial charge on any atom is -0.353 e. The van der Waals surface area contributed by atoms with Crippen molar-refractivity contribution in [3.63, 3.8) is 0 Å². The van der Waals surface area contributed by atoms with Crippen LogP contribution in [0.3, 0.4) is 0 Å². The van der Waals surface area contributed by atoms with Gasteiger partial charge in [0.1, 0.15) is 17.0 Å². The highest BCUT2D eigenvalue weighted by atomic mass is 35.5. The molecular formula is C22H24Cl2N4S. The molecule has 5 rings (SSSR count). The Kier molecular flexibility index (Phi) is 5.41. The first kappa shape index (κ1) is 19.6. The molecule has 1 aliphatic carbocycles. The van der Waals surface area contributed by atoms with E-state index in [-0.39, 0.29) is 0 Å². The van der Waals surface area contributed by atoms with Crippen molar-refractivity contribution in [1.82, 2.24) is 14.9 Å². The Morgan fingerprint density at radius 2 is 1.93 bits per heavy atom. The lowest BCUT2D eigenvalue weighted by atomic mass is 9.88. The maximum Gasteiger partial charge on any atom is 0.141 e. The van der Waals surface area contributed by atoms with E-state index in [1.54, 1.807) is 6.33 Å². The van der Waals surface area contributed by atoms with Crippen LogP contribution in [0.25, 0.3) is 10.2 Å². The van der Waals surface area contributed by atoms with Crippen LogP contribution in [0.2, 0.25) is 10.0 Å². The van der Waals surface area contributed by atoms with Crippen molar-refractivity contribution in [2.24, 2.45) is 5.92 Å². The summed E-state index contributed by atoms with van der Waals surface area (Å²) in [5.41, 5.74) is 2.72. The van der Waals surface area contributed by atoms with Crippen LogP contribution in [0.5, 0.6) is 0 Å². The normalized spacial score (nSPS) is 20.2. The van der Waals surface area contributed by atoms with Crippen LogP contribution in [0.1, 0.15) is 29.3 Å². The molecule has 0 amide bonds. The van der Waals surface area contributed by atoms with Gasteiger partial charge in [0.05, 0.1) is 15.4 Å². The summed E-state index contributed by atoms with van der Waals surface area (Å²) >= 11 is 14.1. The summed E-state index contributed by atoms with van der Waals surface area (Å²) in [4.78, 5) is 16.9. The molecule has 0 N–H and O–H groups in total. The van der Waals surface area contributed by atoms with Gasteiger partial charge in [-0.3, -0.25) is 4.90 Å². The van der Waals surface area contributed by atoms with Gasteiger partial charge in [0.15, 0.2) is 0 Å². The quantitative estimate of drug-likeness (QED) is 0.535. The van der Waals surface area contributed by atoms with Gasteiger partial charge >= 0.3 is 0 Å². The van der Waals surface area contributed by atoms with Crippen molar-refractivity contribution in [2.75, 3.05) is 31.1 Å². The van der Waals surface area contributed by atoms with E-state index >= 15 is 0 Å². The lowest BCUT2D eigenvalue weighted by Gasteiger charge is -2.36. The van der Waals surface area contributed by atoms with Crippen LogP contribution in [-0.4, -0.2) is 41.0 Å². The fraction of sp³-hybridized carbons (Fsp3) is 0.455. The van der Waals surface area contributed by atoms with E-state index in [1.807, 2.05) is 23.5 Å². The van der Waals surface area contributed by atoms with Gasteiger partial charge in [0.25, 0.3) is 0 Å². The highest BCUT2D eigenvalue weighted by Gasteiger charge is 2.26. The zero-order valence-electron chi connectivity index (χ0n) is 16.5. The summed E-state index contributed by atoms with van der Waals surface area (Å²) in [6, 6.07) is 5.92. The van der Waals surface area contributed by atoms with E-state index in [0.29, 0.717) is 10.0 Å². The molecule has 0 radical (unpaired) electrons. The van der Waals surface area contributed by atoms with E-state index in [4.69, 9.17) is 28.2 Å². The minimum absolute atomic E-state index is 0.612. The Morgan fingerprint density at radius 1 is 1.10 bits per heavy atom. The standard InChI is InChI=1S/C22H24Cl2N4S/c1-14-2-5-19-16(10-14)20-21(25-13-26-22(20)29-19)28-8-6-27(7-9-28)12-15-3-4-17(23)18(24)11-15/h3-4,11,13-14H,2,5-10,12H2,1H3/t14-/m1/s1. The Hall–Kier alpha value is -1.40. The first-order valence-corrected chi connectivity index (χ1v) is 11.8. The molecule has 1 aliphatic heterocycles. The Labute approximate surface area is 185 Å². The zero-order chi connectivity index (χ0) is 20.0. The molecule has 0 unspecified atom stereocenters. The molecule has 1 atom stereocenters. The highest BCUT2D eigenvalue weighted by molar-refractivity contribution is 7.19. The van der Waals surface area contributed by atoms with Gasteiger partial charge in [-0.05, 0) is 48.4 Å². The minimum atomic E-state index is 0.612. The number of thiophene rings is 1. The van der Waals surface area contributed by atoms with Crippen LogP contribution in [0.4, 0.5) is 5.82 Å². The fourth-order valence-corrected chi connectivity index (χ4v) is 6.02. The van der Waals surface area contributed by atoms with Crippen molar-refractivity contribution in [3.8, 4) is 0 Å². The van der Waals surface area contributed by atoms with Gasteiger partial charge in [-0.15, -0.1) is 11.3 Å².